The van der Waals surface area contributed by atoms with Gasteiger partial charge in [-0.3, -0.25) is 0 Å². The molecule has 0 aliphatic heterocycles. The van der Waals surface area contributed by atoms with Crippen LogP contribution < -0.4 is 5.73 Å². The van der Waals surface area contributed by atoms with Gasteiger partial charge in [-0.15, -0.1) is 0 Å². The molecule has 2 rings (SSSR count). The van der Waals surface area contributed by atoms with Gasteiger partial charge in [0.25, 0.3) is 0 Å². The van der Waals surface area contributed by atoms with Crippen LogP contribution in [0.4, 0.5) is 17.6 Å². The van der Waals surface area contributed by atoms with E-state index in [-0.39, 0.29) is 11.8 Å². The minimum absolute atomic E-state index is 0.0618. The lowest BCUT2D eigenvalue weighted by atomic mass is 10.0. The summed E-state index contributed by atoms with van der Waals surface area (Å²) in [4.78, 5) is 0. The minimum atomic E-state index is -4.63. The van der Waals surface area contributed by atoms with E-state index in [0.717, 1.165) is 18.6 Å². The van der Waals surface area contributed by atoms with Crippen molar-refractivity contribution in [2.75, 3.05) is 6.54 Å². The van der Waals surface area contributed by atoms with Crippen molar-refractivity contribution in [3.63, 3.8) is 0 Å². The third-order valence-corrected chi connectivity index (χ3v) is 2.95. The molecule has 0 aromatic heterocycles. The Hall–Kier alpha value is -1.10. The van der Waals surface area contributed by atoms with Crippen molar-refractivity contribution in [2.24, 2.45) is 11.7 Å². The monoisotopic (exact) mass is 233 g/mol. The molecule has 1 aliphatic rings. The average molecular weight is 233 g/mol. The molecule has 2 atom stereocenters. The normalized spacial score (nSPS) is 24.6. The van der Waals surface area contributed by atoms with Gasteiger partial charge in [-0.1, -0.05) is 6.07 Å². The number of rotatable bonds is 2. The number of hydrogen-bond donors (Lipinski definition) is 1. The minimum Gasteiger partial charge on any atom is -0.330 e. The predicted molar refractivity (Wildman–Crippen MR) is 51.3 cm³/mol. The maximum atomic E-state index is 13.0. The molecule has 16 heavy (non-hydrogen) atoms. The van der Waals surface area contributed by atoms with E-state index in [1.54, 1.807) is 0 Å². The number of halogens is 4. The molecule has 0 heterocycles. The number of nitrogens with two attached hydrogens (primary N) is 1. The summed E-state index contributed by atoms with van der Waals surface area (Å²) in [6.07, 6.45) is -3.84. The molecule has 1 nitrogen and oxygen atoms in total. The van der Waals surface area contributed by atoms with E-state index in [1.165, 1.54) is 6.07 Å². The summed E-state index contributed by atoms with van der Waals surface area (Å²) >= 11 is 0. The lowest BCUT2D eigenvalue weighted by Gasteiger charge is -2.09. The fourth-order valence-electron chi connectivity index (χ4n) is 1.91. The molecule has 0 bridgehead atoms. The van der Waals surface area contributed by atoms with Crippen LogP contribution in [0.1, 0.15) is 23.5 Å². The van der Waals surface area contributed by atoms with E-state index in [0.29, 0.717) is 12.1 Å². The van der Waals surface area contributed by atoms with Crippen molar-refractivity contribution in [2.45, 2.75) is 18.5 Å². The van der Waals surface area contributed by atoms with Crippen molar-refractivity contribution in [3.05, 3.63) is 35.1 Å². The Morgan fingerprint density at radius 1 is 1.31 bits per heavy atom. The Kier molecular flexibility index (Phi) is 2.66. The van der Waals surface area contributed by atoms with Crippen molar-refractivity contribution in [1.82, 2.24) is 0 Å². The summed E-state index contributed by atoms with van der Waals surface area (Å²) in [6, 6.07) is 3.19. The molecule has 1 aromatic carbocycles. The first-order valence-corrected chi connectivity index (χ1v) is 5.00. The number of benzene rings is 1. The van der Waals surface area contributed by atoms with Gasteiger partial charge in [-0.2, -0.15) is 13.2 Å². The predicted octanol–water partition coefficient (Wildman–Crippen LogP) is 2.91. The van der Waals surface area contributed by atoms with Crippen LogP contribution in [-0.4, -0.2) is 6.54 Å². The molecule has 2 N–H and O–H groups in total. The van der Waals surface area contributed by atoms with E-state index >= 15 is 0 Å². The van der Waals surface area contributed by atoms with Crippen LogP contribution in [0.5, 0.6) is 0 Å². The van der Waals surface area contributed by atoms with Crippen LogP contribution in [0, 0.1) is 11.7 Å². The smallest absolute Gasteiger partial charge is 0.330 e. The highest BCUT2D eigenvalue weighted by molar-refractivity contribution is 5.33. The molecule has 1 aromatic rings. The van der Waals surface area contributed by atoms with E-state index < -0.39 is 17.6 Å². The van der Waals surface area contributed by atoms with Crippen LogP contribution >= 0.6 is 0 Å². The molecule has 0 radical (unpaired) electrons. The molecular weight excluding hydrogens is 222 g/mol. The SMILES string of the molecule is NC[C@@H]1C[C@H]1c1ccc(F)c(C(F)(F)F)c1. The maximum absolute atomic E-state index is 13.0. The molecule has 88 valence electrons. The fourth-order valence-corrected chi connectivity index (χ4v) is 1.91. The zero-order valence-electron chi connectivity index (χ0n) is 8.39. The molecule has 0 spiro atoms. The van der Waals surface area contributed by atoms with Crippen LogP contribution in [-0.2, 0) is 6.18 Å². The average Bonchev–Trinajstić information content (AvgIpc) is 2.96. The Bertz CT molecular complexity index is 399. The highest BCUT2D eigenvalue weighted by atomic mass is 19.4. The molecule has 1 saturated carbocycles. The highest BCUT2D eigenvalue weighted by Crippen LogP contribution is 2.47. The van der Waals surface area contributed by atoms with Gasteiger partial charge in [0.1, 0.15) is 5.82 Å². The Labute approximate surface area is 90.3 Å². The molecule has 1 aliphatic carbocycles. The van der Waals surface area contributed by atoms with Gasteiger partial charge in [0.05, 0.1) is 5.56 Å². The quantitative estimate of drug-likeness (QED) is 0.781. The lowest BCUT2D eigenvalue weighted by molar-refractivity contribution is -0.140. The fraction of sp³-hybridized carbons (Fsp3) is 0.455. The number of alkyl halides is 3. The summed E-state index contributed by atoms with van der Waals surface area (Å²) < 4.78 is 50.3. The Balaban J connectivity index is 2.30. The van der Waals surface area contributed by atoms with Crippen molar-refractivity contribution in [1.29, 1.82) is 0 Å². The Morgan fingerprint density at radius 3 is 2.50 bits per heavy atom. The zero-order chi connectivity index (χ0) is 11.9. The summed E-state index contributed by atoms with van der Waals surface area (Å²) in [5.41, 5.74) is 4.76. The van der Waals surface area contributed by atoms with Crippen LogP contribution in [0.25, 0.3) is 0 Å². The third kappa shape index (κ3) is 2.04. The largest absolute Gasteiger partial charge is 0.419 e. The van der Waals surface area contributed by atoms with E-state index in [1.807, 2.05) is 0 Å². The van der Waals surface area contributed by atoms with Gasteiger partial charge in [0.15, 0.2) is 0 Å². The van der Waals surface area contributed by atoms with E-state index in [9.17, 15) is 17.6 Å². The van der Waals surface area contributed by atoms with Crippen molar-refractivity contribution in [3.8, 4) is 0 Å². The molecule has 0 amide bonds. The van der Waals surface area contributed by atoms with Crippen LogP contribution in [0.15, 0.2) is 18.2 Å². The van der Waals surface area contributed by atoms with Gasteiger partial charge in [-0.05, 0) is 42.5 Å². The second-order valence-corrected chi connectivity index (χ2v) is 4.08. The first kappa shape index (κ1) is 11.4. The van der Waals surface area contributed by atoms with Crippen LogP contribution in [0.2, 0.25) is 0 Å². The van der Waals surface area contributed by atoms with Crippen LogP contribution in [0.3, 0.4) is 0 Å². The molecule has 5 heteroatoms. The van der Waals surface area contributed by atoms with Gasteiger partial charge in [0, 0.05) is 0 Å². The summed E-state index contributed by atoms with van der Waals surface area (Å²) in [7, 11) is 0. The maximum Gasteiger partial charge on any atom is 0.419 e. The highest BCUT2D eigenvalue weighted by Gasteiger charge is 2.40. The topological polar surface area (TPSA) is 26.0 Å². The summed E-state index contributed by atoms with van der Waals surface area (Å²) in [5, 5.41) is 0. The second-order valence-electron chi connectivity index (χ2n) is 4.08. The van der Waals surface area contributed by atoms with Gasteiger partial charge in [-0.25, -0.2) is 4.39 Å². The van der Waals surface area contributed by atoms with Gasteiger partial charge >= 0.3 is 6.18 Å². The van der Waals surface area contributed by atoms with Crippen molar-refractivity contribution < 1.29 is 17.6 Å². The molecule has 0 unspecified atom stereocenters. The summed E-state index contributed by atoms with van der Waals surface area (Å²) in [6.45, 7) is 0.462. The van der Waals surface area contributed by atoms with Crippen molar-refractivity contribution >= 4 is 0 Å². The Morgan fingerprint density at radius 2 is 2.00 bits per heavy atom. The second kappa shape index (κ2) is 3.73. The molecule has 1 fully saturated rings. The van der Waals surface area contributed by atoms with E-state index in [2.05, 4.69) is 0 Å². The third-order valence-electron chi connectivity index (χ3n) is 2.95. The lowest BCUT2D eigenvalue weighted by Crippen LogP contribution is -2.09. The van der Waals surface area contributed by atoms with Gasteiger partial charge in [0.2, 0.25) is 0 Å². The van der Waals surface area contributed by atoms with Gasteiger partial charge < -0.3 is 5.73 Å². The number of hydrogen-bond acceptors (Lipinski definition) is 1. The first-order chi connectivity index (χ1) is 7.43. The molecule has 0 saturated heterocycles. The first-order valence-electron chi connectivity index (χ1n) is 5.00. The zero-order valence-corrected chi connectivity index (χ0v) is 8.39. The molecular formula is C11H11F4N. The van der Waals surface area contributed by atoms with E-state index in [4.69, 9.17) is 5.73 Å². The standard InChI is InChI=1S/C11H11F4N/c12-10-2-1-6(8-3-7(8)5-16)4-9(10)11(13,14)15/h1-2,4,7-8H,3,5,16H2/t7-,8-/m0/s1. The summed E-state index contributed by atoms with van der Waals surface area (Å²) in [5.74, 6) is -0.917.